The molecule has 26 heavy (non-hydrogen) atoms. The Morgan fingerprint density at radius 2 is 1.96 bits per heavy atom. The third kappa shape index (κ3) is 4.15. The molecule has 7 nitrogen and oxygen atoms in total. The topological polar surface area (TPSA) is 77.7 Å². The molecular weight excluding hydrogens is 334 g/mol. The van der Waals surface area contributed by atoms with Gasteiger partial charge in [-0.3, -0.25) is 4.90 Å². The Kier molecular flexibility index (Phi) is 5.15. The molecule has 2 aromatic rings. The third-order valence-electron chi connectivity index (χ3n) is 4.21. The first kappa shape index (κ1) is 18.2. The second-order valence-corrected chi connectivity index (χ2v) is 7.37. The molecule has 1 amide bonds. The van der Waals surface area contributed by atoms with Gasteiger partial charge < -0.3 is 14.0 Å². The largest absolute Gasteiger partial charge is 0.497 e. The maximum Gasteiger partial charge on any atom is 0.410 e. The van der Waals surface area contributed by atoms with Crippen molar-refractivity contribution in [3.05, 3.63) is 30.2 Å². The summed E-state index contributed by atoms with van der Waals surface area (Å²) in [5.41, 5.74) is 0.294. The van der Waals surface area contributed by atoms with Gasteiger partial charge in [0.15, 0.2) is 0 Å². The van der Waals surface area contributed by atoms with Crippen molar-refractivity contribution in [3.63, 3.8) is 0 Å². The van der Waals surface area contributed by atoms with Crippen LogP contribution in [-0.4, -0.2) is 40.4 Å². The predicted octanol–water partition coefficient (Wildman–Crippen LogP) is 4.21. The minimum absolute atomic E-state index is 0.252. The first-order valence-electron chi connectivity index (χ1n) is 8.85. The predicted molar refractivity (Wildman–Crippen MR) is 95.8 cm³/mol. The number of carbonyl (C=O) groups is 1. The van der Waals surface area contributed by atoms with Crippen LogP contribution in [0.2, 0.25) is 0 Å². The Labute approximate surface area is 153 Å². The average Bonchev–Trinajstić information content (AvgIpc) is 3.10. The molecule has 140 valence electrons. The summed E-state index contributed by atoms with van der Waals surface area (Å²) in [5, 5.41) is 4.08. The summed E-state index contributed by atoms with van der Waals surface area (Å²) in [6, 6.07) is 7.19. The third-order valence-corrected chi connectivity index (χ3v) is 4.21. The normalized spacial score (nSPS) is 17.8. The molecule has 1 aromatic heterocycles. The Morgan fingerprint density at radius 3 is 2.62 bits per heavy atom. The highest BCUT2D eigenvalue weighted by Crippen LogP contribution is 2.32. The maximum atomic E-state index is 12.5. The first-order valence-corrected chi connectivity index (χ1v) is 8.85. The number of ether oxygens (including phenoxy) is 2. The van der Waals surface area contributed by atoms with Crippen LogP contribution in [0.1, 0.15) is 52.0 Å². The van der Waals surface area contributed by atoms with E-state index in [0.717, 1.165) is 30.6 Å². The van der Waals surface area contributed by atoms with Gasteiger partial charge in [-0.25, -0.2) is 4.79 Å². The molecule has 1 aliphatic rings. The molecule has 1 aromatic carbocycles. The van der Waals surface area contributed by atoms with Gasteiger partial charge >= 0.3 is 6.09 Å². The fourth-order valence-electron chi connectivity index (χ4n) is 2.96. The van der Waals surface area contributed by atoms with Gasteiger partial charge in [0, 0.05) is 12.1 Å². The number of aromatic nitrogens is 2. The number of piperidine rings is 1. The van der Waals surface area contributed by atoms with Gasteiger partial charge in [-0.15, -0.1) is 0 Å². The van der Waals surface area contributed by atoms with E-state index in [1.54, 1.807) is 12.0 Å². The van der Waals surface area contributed by atoms with E-state index in [1.807, 2.05) is 45.0 Å². The minimum Gasteiger partial charge on any atom is -0.497 e. The van der Waals surface area contributed by atoms with Gasteiger partial charge in [-0.1, -0.05) is 5.16 Å². The fraction of sp³-hybridized carbons (Fsp3) is 0.526. The Bertz CT molecular complexity index is 749. The average molecular weight is 359 g/mol. The molecule has 0 unspecified atom stereocenters. The highest BCUT2D eigenvalue weighted by atomic mass is 16.6. The Hall–Kier alpha value is -2.57. The van der Waals surface area contributed by atoms with Gasteiger partial charge in [-0.2, -0.15) is 4.98 Å². The number of benzene rings is 1. The number of amides is 1. The van der Waals surface area contributed by atoms with Gasteiger partial charge in [-0.05, 0) is 64.3 Å². The lowest BCUT2D eigenvalue weighted by Crippen LogP contribution is -2.42. The summed E-state index contributed by atoms with van der Waals surface area (Å²) in [6.07, 6.45) is 2.38. The van der Waals surface area contributed by atoms with Crippen LogP contribution in [0, 0.1) is 0 Å². The number of methoxy groups -OCH3 is 1. The second kappa shape index (κ2) is 7.35. The van der Waals surface area contributed by atoms with E-state index in [4.69, 9.17) is 14.0 Å². The molecule has 3 rings (SSSR count). The van der Waals surface area contributed by atoms with E-state index in [1.165, 1.54) is 0 Å². The molecule has 1 fully saturated rings. The van der Waals surface area contributed by atoms with Crippen molar-refractivity contribution in [1.82, 2.24) is 15.0 Å². The molecule has 0 bridgehead atoms. The summed E-state index contributed by atoms with van der Waals surface area (Å²) in [7, 11) is 1.62. The molecule has 1 atom stereocenters. The summed E-state index contributed by atoms with van der Waals surface area (Å²) < 4.78 is 16.2. The van der Waals surface area contributed by atoms with Crippen LogP contribution in [0.5, 0.6) is 5.75 Å². The van der Waals surface area contributed by atoms with Crippen LogP contribution >= 0.6 is 0 Å². The van der Waals surface area contributed by atoms with E-state index < -0.39 is 5.60 Å². The van der Waals surface area contributed by atoms with Crippen molar-refractivity contribution < 1.29 is 18.8 Å². The van der Waals surface area contributed by atoms with Crippen molar-refractivity contribution in [2.75, 3.05) is 13.7 Å². The van der Waals surface area contributed by atoms with Gasteiger partial charge in [0.1, 0.15) is 17.4 Å². The second-order valence-electron chi connectivity index (χ2n) is 7.37. The molecule has 7 heteroatoms. The van der Waals surface area contributed by atoms with Crippen molar-refractivity contribution in [2.45, 2.75) is 51.7 Å². The van der Waals surface area contributed by atoms with E-state index in [2.05, 4.69) is 10.1 Å². The molecule has 1 saturated heterocycles. The zero-order valence-corrected chi connectivity index (χ0v) is 15.7. The number of nitrogens with zero attached hydrogens (tertiary/aromatic N) is 3. The first-order chi connectivity index (χ1) is 12.4. The summed E-state index contributed by atoms with van der Waals surface area (Å²) in [5.74, 6) is 1.71. The van der Waals surface area contributed by atoms with Gasteiger partial charge in [0.05, 0.1) is 7.11 Å². The highest BCUT2D eigenvalue weighted by Gasteiger charge is 2.34. The van der Waals surface area contributed by atoms with Crippen molar-refractivity contribution in [2.24, 2.45) is 0 Å². The van der Waals surface area contributed by atoms with Crippen molar-refractivity contribution in [3.8, 4) is 17.1 Å². The molecule has 0 spiro atoms. The quantitative estimate of drug-likeness (QED) is 0.817. The Morgan fingerprint density at radius 1 is 1.23 bits per heavy atom. The zero-order valence-electron chi connectivity index (χ0n) is 15.7. The number of likely N-dealkylation sites (tertiary alicyclic amines) is 1. The number of hydrogen-bond donors (Lipinski definition) is 0. The van der Waals surface area contributed by atoms with Crippen LogP contribution in [0.15, 0.2) is 28.8 Å². The van der Waals surface area contributed by atoms with Crippen molar-refractivity contribution >= 4 is 6.09 Å². The van der Waals surface area contributed by atoms with E-state index in [9.17, 15) is 4.79 Å². The molecule has 2 heterocycles. The highest BCUT2D eigenvalue weighted by molar-refractivity contribution is 5.69. The molecule has 0 N–H and O–H groups in total. The van der Waals surface area contributed by atoms with Crippen LogP contribution in [0.25, 0.3) is 11.4 Å². The van der Waals surface area contributed by atoms with Gasteiger partial charge in [0.2, 0.25) is 11.7 Å². The Balaban J connectivity index is 1.80. The van der Waals surface area contributed by atoms with Crippen LogP contribution in [0.4, 0.5) is 4.79 Å². The number of carbonyl (C=O) groups excluding carboxylic acids is 1. The van der Waals surface area contributed by atoms with Crippen LogP contribution in [0.3, 0.4) is 0 Å². The fourth-order valence-corrected chi connectivity index (χ4v) is 2.96. The van der Waals surface area contributed by atoms with E-state index in [-0.39, 0.29) is 12.1 Å². The molecule has 0 aliphatic carbocycles. The molecular formula is C19H25N3O4. The molecule has 1 aliphatic heterocycles. The monoisotopic (exact) mass is 359 g/mol. The summed E-state index contributed by atoms with van der Waals surface area (Å²) >= 11 is 0. The number of hydrogen-bond acceptors (Lipinski definition) is 6. The number of rotatable bonds is 3. The lowest BCUT2D eigenvalue weighted by atomic mass is 10.0. The smallest absolute Gasteiger partial charge is 0.410 e. The molecule has 0 radical (unpaired) electrons. The lowest BCUT2D eigenvalue weighted by molar-refractivity contribution is 0.00538. The minimum atomic E-state index is -0.540. The zero-order chi connectivity index (χ0) is 18.7. The standard InChI is InChI=1S/C19H25N3O4/c1-19(2,3)25-18(23)22-12-6-5-7-15(22)17-20-16(21-26-17)13-8-10-14(24-4)11-9-13/h8-11,15H,5-7,12H2,1-4H3/t15-/m1/s1. The summed E-state index contributed by atoms with van der Waals surface area (Å²) in [4.78, 5) is 18.8. The van der Waals surface area contributed by atoms with Crippen molar-refractivity contribution in [1.29, 1.82) is 0 Å². The summed E-state index contributed by atoms with van der Waals surface area (Å²) in [6.45, 7) is 6.20. The van der Waals surface area contributed by atoms with E-state index in [0.29, 0.717) is 18.3 Å². The van der Waals surface area contributed by atoms with Gasteiger partial charge in [0.25, 0.3) is 0 Å². The van der Waals surface area contributed by atoms with E-state index >= 15 is 0 Å². The lowest BCUT2D eigenvalue weighted by Gasteiger charge is -2.34. The maximum absolute atomic E-state index is 12.5. The molecule has 0 saturated carbocycles. The SMILES string of the molecule is COc1ccc(-c2noc([C@H]3CCCCN3C(=O)OC(C)(C)C)n2)cc1. The van der Waals surface area contributed by atoms with Crippen LogP contribution in [-0.2, 0) is 4.74 Å². The van der Waals surface area contributed by atoms with Crippen LogP contribution < -0.4 is 4.74 Å².